The maximum absolute atomic E-state index is 13.7. The number of rotatable bonds is 8. The quantitative estimate of drug-likeness (QED) is 0.393. The van der Waals surface area contributed by atoms with Crippen molar-refractivity contribution in [3.8, 4) is 11.5 Å². The average Bonchev–Trinajstić information content (AvgIpc) is 3.13. The lowest BCUT2D eigenvalue weighted by atomic mass is 9.85. The van der Waals surface area contributed by atoms with E-state index in [2.05, 4.69) is 28.2 Å². The van der Waals surface area contributed by atoms with E-state index in [0.717, 1.165) is 30.5 Å². The van der Waals surface area contributed by atoms with Crippen LogP contribution in [0.4, 0.5) is 5.69 Å². The summed E-state index contributed by atoms with van der Waals surface area (Å²) in [6.45, 7) is 1.76. The first-order valence-electron chi connectivity index (χ1n) is 11.6. The third-order valence-electron chi connectivity index (χ3n) is 6.31. The van der Waals surface area contributed by atoms with Crippen molar-refractivity contribution >= 4 is 51.3 Å². The fraction of sp³-hybridized carbons (Fsp3) is 0.385. The van der Waals surface area contributed by atoms with Crippen LogP contribution in [-0.2, 0) is 9.59 Å². The third-order valence-corrected chi connectivity index (χ3v) is 8.02. The number of halogens is 1. The summed E-state index contributed by atoms with van der Waals surface area (Å²) >= 11 is 4.96. The fourth-order valence-electron chi connectivity index (χ4n) is 4.62. The molecule has 1 unspecified atom stereocenters. The van der Waals surface area contributed by atoms with Crippen LogP contribution < -0.4 is 14.8 Å². The smallest absolute Gasteiger partial charge is 0.341 e. The Balaban J connectivity index is 1.65. The summed E-state index contributed by atoms with van der Waals surface area (Å²) in [5, 5.41) is 12.5. The molecule has 1 aliphatic heterocycles. The Morgan fingerprint density at radius 2 is 2.00 bits per heavy atom. The normalized spacial score (nSPS) is 23.4. The second-order valence-electron chi connectivity index (χ2n) is 8.75. The summed E-state index contributed by atoms with van der Waals surface area (Å²) in [7, 11) is 1.49. The first-order chi connectivity index (χ1) is 16.9. The number of hydrogen-bond donors (Lipinski definition) is 2. The number of ether oxygens (including phenoxy) is 2. The van der Waals surface area contributed by atoms with Gasteiger partial charge in [0.25, 0.3) is 5.91 Å². The molecule has 0 aromatic heterocycles. The number of nitrogens with one attached hydrogen (secondary N) is 1. The molecule has 1 amide bonds. The Morgan fingerprint density at radius 3 is 2.69 bits per heavy atom. The highest BCUT2D eigenvalue weighted by atomic mass is 79.9. The monoisotopic (exact) mass is 560 g/mol. The summed E-state index contributed by atoms with van der Waals surface area (Å²) < 4.78 is 11.4. The number of hydrogen-bond acceptors (Lipinski definition) is 6. The topological polar surface area (TPSA) is 88.1 Å². The molecule has 4 rings (SSSR count). The molecule has 2 aromatic rings. The van der Waals surface area contributed by atoms with E-state index in [0.29, 0.717) is 26.8 Å². The predicted octanol–water partition coefficient (Wildman–Crippen LogP) is 5.81. The molecule has 1 aliphatic carbocycles. The van der Waals surface area contributed by atoms with E-state index in [1.54, 1.807) is 12.1 Å². The number of para-hydroxylation sites is 1. The number of anilines is 1. The van der Waals surface area contributed by atoms with Gasteiger partial charge in [-0.15, -0.1) is 0 Å². The molecular formula is C26H29BrN2O5S. The number of nitrogens with zero attached hydrogens (tertiary/aromatic N) is 1. The standard InChI is InChI=1S/C26H29BrN2O5S/c1-16-8-6-7-11-20(16)29-25(32)22(35-26(29)28-18-9-4-3-5-10-18)14-17-12-19(27)24(21(13-17)33-2)34-15-23(30)31/h3-5,9-10,12-14,16,20,26,28H,6-8,11,15H2,1-2H3,(H,30,31)/b22-14-/t16-,20-,26?/m0/s1. The maximum Gasteiger partial charge on any atom is 0.341 e. The fourth-order valence-corrected chi connectivity index (χ4v) is 6.40. The number of carbonyl (C=O) groups excluding carboxylic acids is 1. The molecule has 7 nitrogen and oxygen atoms in total. The molecule has 2 aromatic carbocycles. The van der Waals surface area contributed by atoms with E-state index in [1.807, 2.05) is 41.3 Å². The Bertz CT molecular complexity index is 1110. The molecule has 2 fully saturated rings. The summed E-state index contributed by atoms with van der Waals surface area (Å²) in [6.07, 6.45) is 6.31. The molecule has 1 saturated heterocycles. The maximum atomic E-state index is 13.7. The minimum Gasteiger partial charge on any atom is -0.493 e. The van der Waals surface area contributed by atoms with E-state index < -0.39 is 12.6 Å². The summed E-state index contributed by atoms with van der Waals surface area (Å²) in [5.41, 5.74) is 1.52. The molecule has 1 heterocycles. The van der Waals surface area contributed by atoms with Crippen molar-refractivity contribution in [1.29, 1.82) is 0 Å². The van der Waals surface area contributed by atoms with Crippen molar-refractivity contribution in [2.45, 2.75) is 44.1 Å². The van der Waals surface area contributed by atoms with Gasteiger partial charge >= 0.3 is 5.97 Å². The SMILES string of the molecule is COc1cc(/C=C2\SC(Nc3ccccc3)N([C@H]3CCCC[C@@H]3C)C2=O)cc(Br)c1OCC(=O)O. The van der Waals surface area contributed by atoms with Crippen LogP contribution in [-0.4, -0.2) is 47.1 Å². The molecule has 186 valence electrons. The number of methoxy groups -OCH3 is 1. The number of carboxylic acid groups (broad SMARTS) is 1. The van der Waals surface area contributed by atoms with Gasteiger partial charge in [-0.2, -0.15) is 0 Å². The van der Waals surface area contributed by atoms with E-state index in [9.17, 15) is 9.59 Å². The molecule has 9 heteroatoms. The third kappa shape index (κ3) is 5.95. The first-order valence-corrected chi connectivity index (χ1v) is 13.3. The van der Waals surface area contributed by atoms with Gasteiger partial charge in [-0.3, -0.25) is 4.79 Å². The van der Waals surface area contributed by atoms with Crippen LogP contribution in [0.2, 0.25) is 0 Å². The minimum atomic E-state index is -1.08. The second-order valence-corrected chi connectivity index (χ2v) is 10.7. The Hall–Kier alpha value is -2.65. The number of benzene rings is 2. The Morgan fingerprint density at radius 1 is 1.26 bits per heavy atom. The van der Waals surface area contributed by atoms with Crippen LogP contribution in [0.3, 0.4) is 0 Å². The van der Waals surface area contributed by atoms with Gasteiger partial charge in [0.2, 0.25) is 0 Å². The van der Waals surface area contributed by atoms with Gasteiger partial charge in [-0.1, -0.05) is 49.7 Å². The van der Waals surface area contributed by atoms with Crippen LogP contribution in [0.15, 0.2) is 51.8 Å². The van der Waals surface area contributed by atoms with Crippen molar-refractivity contribution in [1.82, 2.24) is 4.90 Å². The lowest BCUT2D eigenvalue weighted by molar-refractivity contribution is -0.139. The van der Waals surface area contributed by atoms with Crippen molar-refractivity contribution in [2.24, 2.45) is 5.92 Å². The molecule has 0 bridgehead atoms. The van der Waals surface area contributed by atoms with E-state index >= 15 is 0 Å². The van der Waals surface area contributed by atoms with E-state index in [-0.39, 0.29) is 17.4 Å². The van der Waals surface area contributed by atoms with Crippen molar-refractivity contribution < 1.29 is 24.2 Å². The molecule has 2 N–H and O–H groups in total. The summed E-state index contributed by atoms with van der Waals surface area (Å²) in [5.74, 6) is 0.0755. The van der Waals surface area contributed by atoms with Gasteiger partial charge in [0, 0.05) is 11.7 Å². The number of aliphatic carboxylic acids is 1. The predicted molar refractivity (Wildman–Crippen MR) is 142 cm³/mol. The molecule has 1 saturated carbocycles. The zero-order valence-corrected chi connectivity index (χ0v) is 22.1. The van der Waals surface area contributed by atoms with Gasteiger partial charge in [-0.05, 0) is 70.6 Å². The largest absolute Gasteiger partial charge is 0.493 e. The van der Waals surface area contributed by atoms with Crippen LogP contribution in [0.1, 0.15) is 38.2 Å². The Labute approximate surface area is 218 Å². The van der Waals surface area contributed by atoms with Crippen LogP contribution >= 0.6 is 27.7 Å². The molecule has 3 atom stereocenters. The lowest BCUT2D eigenvalue weighted by Crippen LogP contribution is -2.48. The Kier molecular flexibility index (Phi) is 8.28. The zero-order valence-electron chi connectivity index (χ0n) is 19.7. The van der Waals surface area contributed by atoms with Gasteiger partial charge in [0.1, 0.15) is 0 Å². The number of carbonyl (C=O) groups is 2. The lowest BCUT2D eigenvalue weighted by Gasteiger charge is -2.39. The molecule has 35 heavy (non-hydrogen) atoms. The highest BCUT2D eigenvalue weighted by Crippen LogP contribution is 2.43. The van der Waals surface area contributed by atoms with Gasteiger partial charge in [-0.25, -0.2) is 4.79 Å². The van der Waals surface area contributed by atoms with Gasteiger partial charge < -0.3 is 24.8 Å². The van der Waals surface area contributed by atoms with Gasteiger partial charge in [0.15, 0.2) is 23.6 Å². The summed E-state index contributed by atoms with van der Waals surface area (Å²) in [4.78, 5) is 27.3. The van der Waals surface area contributed by atoms with Crippen LogP contribution in [0, 0.1) is 5.92 Å². The number of carboxylic acids is 1. The van der Waals surface area contributed by atoms with Crippen molar-refractivity contribution in [3.63, 3.8) is 0 Å². The highest BCUT2D eigenvalue weighted by Gasteiger charge is 2.42. The first kappa shape index (κ1) is 25.4. The molecule has 0 spiro atoms. The number of amides is 1. The van der Waals surface area contributed by atoms with Crippen LogP contribution in [0.25, 0.3) is 6.08 Å². The zero-order chi connectivity index (χ0) is 24.9. The average molecular weight is 561 g/mol. The van der Waals surface area contributed by atoms with Gasteiger partial charge in [0.05, 0.1) is 16.5 Å². The summed E-state index contributed by atoms with van der Waals surface area (Å²) in [6, 6.07) is 13.7. The van der Waals surface area contributed by atoms with Crippen molar-refractivity contribution in [2.75, 3.05) is 19.0 Å². The molecule has 2 aliphatic rings. The number of thioether (sulfide) groups is 1. The molecule has 0 radical (unpaired) electrons. The minimum absolute atomic E-state index is 0.0171. The highest BCUT2D eigenvalue weighted by molar-refractivity contribution is 9.10. The second kappa shape index (κ2) is 11.4. The van der Waals surface area contributed by atoms with E-state index in [4.69, 9.17) is 14.6 Å². The van der Waals surface area contributed by atoms with E-state index in [1.165, 1.54) is 25.3 Å². The molecular weight excluding hydrogens is 532 g/mol. The van der Waals surface area contributed by atoms with Crippen LogP contribution in [0.5, 0.6) is 11.5 Å². The van der Waals surface area contributed by atoms with Crippen molar-refractivity contribution in [3.05, 3.63) is 57.4 Å².